The van der Waals surface area contributed by atoms with Gasteiger partial charge in [-0.25, -0.2) is 9.38 Å². The van der Waals surface area contributed by atoms with E-state index in [9.17, 15) is 9.18 Å². The van der Waals surface area contributed by atoms with Crippen molar-refractivity contribution in [3.63, 3.8) is 0 Å². The van der Waals surface area contributed by atoms with Crippen molar-refractivity contribution in [3.05, 3.63) is 65.5 Å². The molecular formula is C19H19FN2OS2. The second-order valence-corrected chi connectivity index (χ2v) is 8.39. The van der Waals surface area contributed by atoms with Crippen LogP contribution in [0.5, 0.6) is 0 Å². The average molecular weight is 375 g/mol. The van der Waals surface area contributed by atoms with Crippen LogP contribution in [0.25, 0.3) is 0 Å². The predicted octanol–water partition coefficient (Wildman–Crippen LogP) is 5.06. The van der Waals surface area contributed by atoms with Gasteiger partial charge in [0.2, 0.25) is 5.91 Å². The van der Waals surface area contributed by atoms with Crippen LogP contribution in [0.2, 0.25) is 0 Å². The summed E-state index contributed by atoms with van der Waals surface area (Å²) in [5, 5.41) is 2.73. The first kappa shape index (κ1) is 18.0. The number of carbonyl (C=O) groups is 1. The molecule has 25 heavy (non-hydrogen) atoms. The van der Waals surface area contributed by atoms with Crippen molar-refractivity contribution in [2.24, 2.45) is 4.99 Å². The number of benzene rings is 2. The van der Waals surface area contributed by atoms with Crippen LogP contribution in [-0.2, 0) is 10.5 Å². The average Bonchev–Trinajstić information content (AvgIpc) is 2.62. The highest BCUT2D eigenvalue weighted by molar-refractivity contribution is 8.39. The molecule has 0 radical (unpaired) electrons. The summed E-state index contributed by atoms with van der Waals surface area (Å²) in [6, 6.07) is 14.1. The van der Waals surface area contributed by atoms with E-state index in [-0.39, 0.29) is 23.0 Å². The minimum absolute atomic E-state index is 0.0519. The Hall–Kier alpha value is -1.79. The highest BCUT2D eigenvalue weighted by Crippen LogP contribution is 2.35. The maximum atomic E-state index is 13.0. The molecule has 1 amide bonds. The van der Waals surface area contributed by atoms with E-state index in [0.29, 0.717) is 0 Å². The molecule has 2 unspecified atom stereocenters. The molecule has 0 saturated carbocycles. The number of thioether (sulfide) groups is 2. The quantitative estimate of drug-likeness (QED) is 0.813. The number of fused-ring (bicyclic) bond motifs is 1. The van der Waals surface area contributed by atoms with Gasteiger partial charge in [0.25, 0.3) is 0 Å². The van der Waals surface area contributed by atoms with Gasteiger partial charge < -0.3 is 5.32 Å². The van der Waals surface area contributed by atoms with Crippen molar-refractivity contribution < 1.29 is 9.18 Å². The molecule has 1 N–H and O–H groups in total. The van der Waals surface area contributed by atoms with E-state index in [0.717, 1.165) is 21.4 Å². The molecule has 0 spiro atoms. The molecule has 2 aromatic carbocycles. The fourth-order valence-corrected chi connectivity index (χ4v) is 4.64. The molecule has 0 fully saturated rings. The minimum atomic E-state index is -0.279. The molecule has 3 rings (SSSR count). The number of carbonyl (C=O) groups excluding carboxylic acids is 1. The number of amides is 1. The Balaban J connectivity index is 1.59. The Morgan fingerprint density at radius 3 is 2.68 bits per heavy atom. The van der Waals surface area contributed by atoms with Crippen molar-refractivity contribution >= 4 is 39.5 Å². The molecule has 2 atom stereocenters. The molecule has 130 valence electrons. The van der Waals surface area contributed by atoms with Gasteiger partial charge >= 0.3 is 0 Å². The Morgan fingerprint density at radius 2 is 1.92 bits per heavy atom. The second-order valence-electron chi connectivity index (χ2n) is 5.84. The highest BCUT2D eigenvalue weighted by Gasteiger charge is 2.21. The monoisotopic (exact) mass is 374 g/mol. The van der Waals surface area contributed by atoms with E-state index in [1.54, 1.807) is 23.9 Å². The van der Waals surface area contributed by atoms with E-state index in [1.807, 2.05) is 32.0 Å². The van der Waals surface area contributed by atoms with Crippen LogP contribution in [-0.4, -0.2) is 15.5 Å². The molecular weight excluding hydrogens is 355 g/mol. The van der Waals surface area contributed by atoms with Crippen LogP contribution in [0.4, 0.5) is 10.1 Å². The third-order valence-corrected chi connectivity index (χ3v) is 6.23. The van der Waals surface area contributed by atoms with Crippen molar-refractivity contribution in [2.45, 2.75) is 30.9 Å². The summed E-state index contributed by atoms with van der Waals surface area (Å²) in [4.78, 5) is 17.1. The van der Waals surface area contributed by atoms with Crippen LogP contribution in [0.1, 0.15) is 31.0 Å². The summed E-state index contributed by atoms with van der Waals surface area (Å²) in [5.74, 6) is 0.547. The fourth-order valence-electron chi connectivity index (χ4n) is 2.44. The van der Waals surface area contributed by atoms with Crippen LogP contribution >= 0.6 is 23.5 Å². The number of para-hydroxylation sites is 1. The maximum Gasteiger partial charge on any atom is 0.233 e. The van der Waals surface area contributed by atoms with Gasteiger partial charge in [0.05, 0.1) is 17.0 Å². The second kappa shape index (κ2) is 8.06. The number of hydrogen-bond acceptors (Lipinski definition) is 4. The number of rotatable bonds is 4. The largest absolute Gasteiger partial charge is 0.349 e. The molecule has 0 bridgehead atoms. The van der Waals surface area contributed by atoms with Gasteiger partial charge in [0.1, 0.15) is 10.2 Å². The van der Waals surface area contributed by atoms with Crippen molar-refractivity contribution in [1.29, 1.82) is 0 Å². The molecule has 3 nitrogen and oxygen atoms in total. The standard InChI is InChI=1S/C19H19FN2OS2/c1-12(14-7-9-16(20)10-8-14)21-18(23)13(2)25-19-22-17-6-4-3-5-15(17)11-24-19/h3-10,12-13H,11H2,1-2H3,(H,21,23). The Morgan fingerprint density at radius 1 is 1.20 bits per heavy atom. The molecule has 2 aromatic rings. The number of nitrogens with one attached hydrogen (secondary N) is 1. The number of aliphatic imine (C=N–C) groups is 1. The molecule has 1 heterocycles. The SMILES string of the molecule is CC(SC1=Nc2ccccc2CS1)C(=O)NC(C)c1ccc(F)cc1. The first-order valence-electron chi connectivity index (χ1n) is 8.05. The Bertz CT molecular complexity index is 792. The van der Waals surface area contributed by atoms with E-state index < -0.39 is 0 Å². The van der Waals surface area contributed by atoms with Gasteiger partial charge in [0, 0.05) is 5.75 Å². The van der Waals surface area contributed by atoms with Crippen molar-refractivity contribution in [3.8, 4) is 0 Å². The van der Waals surface area contributed by atoms with Gasteiger partial charge in [0.15, 0.2) is 0 Å². The van der Waals surface area contributed by atoms with E-state index in [1.165, 1.54) is 29.5 Å². The van der Waals surface area contributed by atoms with Gasteiger partial charge in [-0.1, -0.05) is 53.9 Å². The lowest BCUT2D eigenvalue weighted by Crippen LogP contribution is -2.33. The van der Waals surface area contributed by atoms with E-state index in [2.05, 4.69) is 16.4 Å². The lowest BCUT2D eigenvalue weighted by Gasteiger charge is -2.19. The fraction of sp³-hybridized carbons (Fsp3) is 0.263. The lowest BCUT2D eigenvalue weighted by atomic mass is 10.1. The molecule has 0 aromatic heterocycles. The van der Waals surface area contributed by atoms with Crippen LogP contribution < -0.4 is 5.32 Å². The number of halogens is 1. The lowest BCUT2D eigenvalue weighted by molar-refractivity contribution is -0.120. The summed E-state index contributed by atoms with van der Waals surface area (Å²) in [6.07, 6.45) is 0. The predicted molar refractivity (Wildman–Crippen MR) is 105 cm³/mol. The zero-order chi connectivity index (χ0) is 17.8. The van der Waals surface area contributed by atoms with Gasteiger partial charge in [-0.05, 0) is 43.2 Å². The molecule has 6 heteroatoms. The molecule has 0 aliphatic carbocycles. The summed E-state index contributed by atoms with van der Waals surface area (Å²) >= 11 is 3.13. The number of nitrogens with zero attached hydrogens (tertiary/aromatic N) is 1. The van der Waals surface area contributed by atoms with E-state index in [4.69, 9.17) is 0 Å². The maximum absolute atomic E-state index is 13.0. The van der Waals surface area contributed by atoms with Gasteiger partial charge in [-0.3, -0.25) is 4.79 Å². The smallest absolute Gasteiger partial charge is 0.233 e. The summed E-state index contributed by atoms with van der Waals surface area (Å²) in [6.45, 7) is 3.77. The summed E-state index contributed by atoms with van der Waals surface area (Å²) in [7, 11) is 0. The zero-order valence-electron chi connectivity index (χ0n) is 14.0. The normalized spacial score (nSPS) is 15.7. The first-order chi connectivity index (χ1) is 12.0. The molecule has 1 aliphatic rings. The molecule has 0 saturated heterocycles. The van der Waals surface area contributed by atoms with E-state index >= 15 is 0 Å². The van der Waals surface area contributed by atoms with Gasteiger partial charge in [-0.15, -0.1) is 0 Å². The highest BCUT2D eigenvalue weighted by atomic mass is 32.2. The van der Waals surface area contributed by atoms with Gasteiger partial charge in [-0.2, -0.15) is 0 Å². The minimum Gasteiger partial charge on any atom is -0.349 e. The summed E-state index contributed by atoms with van der Waals surface area (Å²) < 4.78 is 13.9. The van der Waals surface area contributed by atoms with Crippen LogP contribution in [0.3, 0.4) is 0 Å². The Labute approximate surface area is 155 Å². The third kappa shape index (κ3) is 4.64. The topological polar surface area (TPSA) is 41.5 Å². The first-order valence-corrected chi connectivity index (χ1v) is 9.91. The van der Waals surface area contributed by atoms with Crippen LogP contribution in [0, 0.1) is 5.82 Å². The summed E-state index contributed by atoms with van der Waals surface area (Å²) in [5.41, 5.74) is 3.08. The third-order valence-electron chi connectivity index (χ3n) is 3.93. The van der Waals surface area contributed by atoms with Crippen LogP contribution in [0.15, 0.2) is 53.5 Å². The van der Waals surface area contributed by atoms with Crippen molar-refractivity contribution in [1.82, 2.24) is 5.32 Å². The zero-order valence-corrected chi connectivity index (χ0v) is 15.7. The molecule has 1 aliphatic heterocycles. The Kier molecular flexibility index (Phi) is 5.81. The number of hydrogen-bond donors (Lipinski definition) is 1. The van der Waals surface area contributed by atoms with Crippen molar-refractivity contribution in [2.75, 3.05) is 0 Å².